The number of imidazole rings is 1. The maximum atomic E-state index is 14.6. The van der Waals surface area contributed by atoms with Gasteiger partial charge in [-0.1, -0.05) is 80.6 Å². The first kappa shape index (κ1) is 42.4. The number of aliphatic imine (C=N–C) groups is 1. The molecule has 65 heavy (non-hydrogen) atoms. The molecule has 3 fully saturated rings. The molecule has 4 aliphatic rings. The second-order valence-electron chi connectivity index (χ2n) is 18.5. The van der Waals surface area contributed by atoms with Crippen LogP contribution in [0.3, 0.4) is 0 Å². The van der Waals surface area contributed by atoms with Gasteiger partial charge < -0.3 is 34.9 Å². The highest BCUT2D eigenvalue weighted by molar-refractivity contribution is 6.08. The Labute approximate surface area is 378 Å². The van der Waals surface area contributed by atoms with Gasteiger partial charge in [0.1, 0.15) is 17.9 Å². The quantitative estimate of drug-likeness (QED) is 0.112. The fourth-order valence-corrected chi connectivity index (χ4v) is 10.3. The molecule has 10 rings (SSSR count). The smallest absolute Gasteiger partial charge is 0.407 e. The zero-order valence-corrected chi connectivity index (χ0v) is 37.3. The number of rotatable bonds is 12. The molecule has 0 bridgehead atoms. The van der Waals surface area contributed by atoms with E-state index in [1.807, 2.05) is 54.0 Å². The molecular formula is C52H55N7O6. The molecule has 0 unspecified atom stereocenters. The number of carbonyl (C=O) groups is 4. The summed E-state index contributed by atoms with van der Waals surface area (Å²) in [4.78, 5) is 71.1. The van der Waals surface area contributed by atoms with Gasteiger partial charge >= 0.3 is 6.09 Å². The number of hydrogen-bond acceptors (Lipinski definition) is 8. The third-order valence-corrected chi connectivity index (χ3v) is 13.9. The van der Waals surface area contributed by atoms with Crippen LogP contribution in [-0.2, 0) is 30.3 Å². The van der Waals surface area contributed by atoms with E-state index in [0.717, 1.165) is 104 Å². The zero-order chi connectivity index (χ0) is 44.9. The van der Waals surface area contributed by atoms with Crippen LogP contribution in [0.15, 0.2) is 96.0 Å². The largest absolute Gasteiger partial charge is 0.453 e. The van der Waals surface area contributed by atoms with Crippen LogP contribution in [-0.4, -0.2) is 95.3 Å². The summed E-state index contributed by atoms with van der Waals surface area (Å²) in [7, 11) is 3.00. The fourth-order valence-electron chi connectivity index (χ4n) is 10.3. The van der Waals surface area contributed by atoms with Crippen LogP contribution in [0.4, 0.5) is 10.5 Å². The number of aromatic amines is 1. The van der Waals surface area contributed by atoms with E-state index in [0.29, 0.717) is 26.1 Å². The van der Waals surface area contributed by atoms with Crippen LogP contribution < -0.4 is 10.6 Å². The van der Waals surface area contributed by atoms with Crippen LogP contribution >= 0.6 is 0 Å². The van der Waals surface area contributed by atoms with E-state index in [9.17, 15) is 19.2 Å². The predicted molar refractivity (Wildman–Crippen MR) is 251 cm³/mol. The minimum atomic E-state index is -0.767. The molecule has 334 valence electrons. The summed E-state index contributed by atoms with van der Waals surface area (Å²) in [5, 5.41) is 10.2. The van der Waals surface area contributed by atoms with E-state index in [4.69, 9.17) is 19.5 Å². The van der Waals surface area contributed by atoms with E-state index in [-0.39, 0.29) is 47.6 Å². The molecule has 4 amide bonds. The van der Waals surface area contributed by atoms with E-state index in [2.05, 4.69) is 76.3 Å². The van der Waals surface area contributed by atoms with Gasteiger partial charge in [-0.3, -0.25) is 19.4 Å². The minimum absolute atomic E-state index is 0.0200. The van der Waals surface area contributed by atoms with Gasteiger partial charge in [0, 0.05) is 49.6 Å². The number of likely N-dealkylation sites (tertiary alicyclic amines) is 2. The molecule has 3 aliphatic heterocycles. The van der Waals surface area contributed by atoms with Crippen LogP contribution in [0.1, 0.15) is 75.0 Å². The van der Waals surface area contributed by atoms with Crippen LogP contribution in [0.25, 0.3) is 43.7 Å². The highest BCUT2D eigenvalue weighted by atomic mass is 16.5. The number of nitrogens with one attached hydrogen (secondary N) is 3. The number of methoxy groups -OCH3 is 2. The molecule has 0 radical (unpaired) electrons. The second-order valence-corrected chi connectivity index (χ2v) is 18.5. The highest BCUT2D eigenvalue weighted by Gasteiger charge is 2.43. The monoisotopic (exact) mass is 873 g/mol. The SMILES string of the molecule is COC[C@H]1C[C@@H](C2=Nc3ccc4cc(-c5ccc6c(ccc7[nH]c([C@@H]8CCCN8C(=O)[C@@H](NC(=O)OC)C(C)C)nc76)c5)ccc4c3C2)N(C(=O)[C@H](NC(=O)C2CC2)c2ccccc2)C1. The molecule has 5 atom stereocenters. The Hall–Kier alpha value is -6.60. The maximum absolute atomic E-state index is 14.6. The van der Waals surface area contributed by atoms with Gasteiger partial charge in [0.2, 0.25) is 17.7 Å². The lowest BCUT2D eigenvalue weighted by molar-refractivity contribution is -0.137. The fraction of sp³-hybridized carbons (Fsp3) is 0.385. The van der Waals surface area contributed by atoms with E-state index in [1.54, 1.807) is 7.11 Å². The Bertz CT molecular complexity index is 2870. The second kappa shape index (κ2) is 17.4. The van der Waals surface area contributed by atoms with Gasteiger partial charge in [0.25, 0.3) is 0 Å². The Kier molecular flexibility index (Phi) is 11.3. The molecule has 13 heteroatoms. The molecule has 0 spiro atoms. The lowest BCUT2D eigenvalue weighted by atomic mass is 9.94. The molecule has 1 saturated carbocycles. The van der Waals surface area contributed by atoms with Crippen molar-refractivity contribution in [1.82, 2.24) is 30.4 Å². The minimum Gasteiger partial charge on any atom is -0.453 e. The normalized spacial score (nSPS) is 20.3. The third kappa shape index (κ3) is 8.11. The molecule has 5 aromatic carbocycles. The Morgan fingerprint density at radius 3 is 2.28 bits per heavy atom. The summed E-state index contributed by atoms with van der Waals surface area (Å²) in [6, 6.07) is 29.1. The van der Waals surface area contributed by atoms with Crippen LogP contribution in [0.2, 0.25) is 0 Å². The number of hydrogen-bond donors (Lipinski definition) is 3. The zero-order valence-electron chi connectivity index (χ0n) is 37.3. The van der Waals surface area contributed by atoms with E-state index in [1.165, 1.54) is 7.11 Å². The summed E-state index contributed by atoms with van der Waals surface area (Å²) in [6.45, 7) is 5.49. The summed E-state index contributed by atoms with van der Waals surface area (Å²) in [5.74, 6) is 0.458. The van der Waals surface area contributed by atoms with Crippen molar-refractivity contribution in [3.05, 3.63) is 108 Å². The first-order valence-corrected chi connectivity index (χ1v) is 22.9. The number of H-pyrrole nitrogens is 1. The van der Waals surface area contributed by atoms with Gasteiger partial charge in [-0.25, -0.2) is 9.78 Å². The summed E-state index contributed by atoms with van der Waals surface area (Å²) in [6.07, 6.45) is 4.10. The summed E-state index contributed by atoms with van der Waals surface area (Å²) in [5.41, 5.74) is 7.78. The average molecular weight is 874 g/mol. The van der Waals surface area contributed by atoms with Crippen LogP contribution in [0.5, 0.6) is 0 Å². The molecular weight excluding hydrogens is 819 g/mol. The number of alkyl carbamates (subject to hydrolysis) is 1. The van der Waals surface area contributed by atoms with Crippen molar-refractivity contribution >= 4 is 67.8 Å². The van der Waals surface area contributed by atoms with Gasteiger partial charge in [0.05, 0.1) is 42.5 Å². The lowest BCUT2D eigenvalue weighted by Crippen LogP contribution is -2.51. The average Bonchev–Trinajstić information content (AvgIpc) is 3.65. The van der Waals surface area contributed by atoms with Crippen molar-refractivity contribution in [2.45, 2.75) is 76.5 Å². The van der Waals surface area contributed by atoms with Gasteiger partial charge in [-0.2, -0.15) is 0 Å². The van der Waals surface area contributed by atoms with Gasteiger partial charge in [0.15, 0.2) is 0 Å². The third-order valence-electron chi connectivity index (χ3n) is 13.9. The van der Waals surface area contributed by atoms with Crippen molar-refractivity contribution < 1.29 is 28.7 Å². The van der Waals surface area contributed by atoms with Crippen molar-refractivity contribution in [1.29, 1.82) is 0 Å². The number of ether oxygens (including phenoxy) is 2. The molecule has 13 nitrogen and oxygen atoms in total. The van der Waals surface area contributed by atoms with E-state index < -0.39 is 18.2 Å². The number of aromatic nitrogens is 2. The predicted octanol–water partition coefficient (Wildman–Crippen LogP) is 8.34. The Morgan fingerprint density at radius 1 is 0.815 bits per heavy atom. The molecule has 1 aromatic heterocycles. The first-order chi connectivity index (χ1) is 31.6. The van der Waals surface area contributed by atoms with Gasteiger partial charge in [-0.05, 0) is 101 Å². The Balaban J connectivity index is 0.888. The molecule has 4 heterocycles. The van der Waals surface area contributed by atoms with Crippen molar-refractivity contribution in [3.8, 4) is 11.1 Å². The lowest BCUT2D eigenvalue weighted by Gasteiger charge is -2.30. The number of nitrogens with zero attached hydrogens (tertiary/aromatic N) is 4. The number of fused-ring (bicyclic) bond motifs is 6. The standard InChI is InChI=1S/C52H55N7O6/c1-29(2)45(57-52(63)65-4)50(61)58-22-8-11-43(58)48-54-41-21-17-36-25-34(15-19-38(36)47(41)55-48)33-14-18-37-35(24-33)16-20-40-39(37)26-42(53-40)44-23-30(28-64-3)27-59(44)51(62)46(31-9-6-5-7-10-31)56-49(60)32-12-13-32/h5-7,9-10,14-21,24-25,29-30,32,43-46H,8,11-13,22-23,26-28H2,1-4H3,(H,54,55)(H,56,60)(H,57,63)/t30-,43-,44-,45-,46+/m0/s1. The number of benzene rings is 5. The molecule has 3 N–H and O–H groups in total. The van der Waals surface area contributed by atoms with Crippen molar-refractivity contribution in [2.24, 2.45) is 22.7 Å². The maximum Gasteiger partial charge on any atom is 0.407 e. The molecule has 2 saturated heterocycles. The van der Waals surface area contributed by atoms with Crippen molar-refractivity contribution in [3.63, 3.8) is 0 Å². The van der Waals surface area contributed by atoms with Gasteiger partial charge in [-0.15, -0.1) is 0 Å². The molecule has 1 aliphatic carbocycles. The highest BCUT2D eigenvalue weighted by Crippen LogP contribution is 2.41. The van der Waals surface area contributed by atoms with E-state index >= 15 is 0 Å². The van der Waals surface area contributed by atoms with Crippen molar-refractivity contribution in [2.75, 3.05) is 33.9 Å². The molecule has 6 aromatic rings. The first-order valence-electron chi connectivity index (χ1n) is 22.9. The van der Waals surface area contributed by atoms with Crippen LogP contribution in [0, 0.1) is 17.8 Å². The number of amides is 4. The summed E-state index contributed by atoms with van der Waals surface area (Å²) < 4.78 is 10.4. The summed E-state index contributed by atoms with van der Waals surface area (Å²) >= 11 is 0. The Morgan fingerprint density at radius 2 is 1.55 bits per heavy atom. The topological polar surface area (TPSA) is 158 Å². The number of carbonyl (C=O) groups excluding carboxylic acids is 4.